The van der Waals surface area contributed by atoms with Crippen LogP contribution in [-0.2, 0) is 45.3 Å². The molecule has 0 atom stereocenters. The molecule has 13 heavy (non-hydrogen) atoms. The summed E-state index contributed by atoms with van der Waals surface area (Å²) in [6.45, 7) is 0. The Morgan fingerprint density at radius 3 is 0.923 bits per heavy atom. The summed E-state index contributed by atoms with van der Waals surface area (Å²) in [5.41, 5.74) is 0. The molecule has 0 fully saturated rings. The number of hydrogen-bond acceptors (Lipinski definition) is 7. The topological polar surface area (TPSA) is 187 Å². The van der Waals surface area contributed by atoms with Crippen LogP contribution in [0.25, 0.3) is 0 Å². The Morgan fingerprint density at radius 2 is 0.923 bits per heavy atom. The summed E-state index contributed by atoms with van der Waals surface area (Å²) in [5, 5.41) is 0. The zero-order chi connectivity index (χ0) is 7.71. The van der Waals surface area contributed by atoms with Gasteiger partial charge in [-0.25, -0.2) is 0 Å². The third-order valence-corrected chi connectivity index (χ3v) is 2.83. The Balaban J connectivity index is -0.0000000533. The zero-order valence-electron chi connectivity index (χ0n) is 6.67. The van der Waals surface area contributed by atoms with Crippen molar-refractivity contribution in [2.24, 2.45) is 0 Å². The van der Waals surface area contributed by atoms with Crippen molar-refractivity contribution in [3.05, 3.63) is 0 Å². The van der Waals surface area contributed by atoms with Crippen molar-refractivity contribution in [1.29, 1.82) is 0 Å². The van der Waals surface area contributed by atoms with E-state index in [-0.39, 0.29) is 48.7 Å². The van der Waals surface area contributed by atoms with Gasteiger partial charge in [0.2, 0.25) is 0 Å². The van der Waals surface area contributed by atoms with Crippen LogP contribution in [-0.4, -0.2) is 11.0 Å². The van der Waals surface area contributed by atoms with Crippen LogP contribution < -0.4 is 46.0 Å². The summed E-state index contributed by atoms with van der Waals surface area (Å²) >= 11 is -12.1. The molecular weight excluding hydrogens is 262 g/mol. The maximum absolute atomic E-state index is 9.38. The summed E-state index contributed by atoms with van der Waals surface area (Å²) in [4.78, 5) is 0. The maximum atomic E-state index is 9.38. The van der Waals surface area contributed by atoms with Gasteiger partial charge < -0.3 is 11.0 Å². The van der Waals surface area contributed by atoms with Crippen molar-refractivity contribution >= 4 is 0 Å². The molecule has 9 nitrogen and oxygen atoms in total. The van der Waals surface area contributed by atoms with E-state index in [2.05, 4.69) is 2.84 Å². The van der Waals surface area contributed by atoms with Gasteiger partial charge in [0.1, 0.15) is 0 Å². The van der Waals surface area contributed by atoms with Crippen molar-refractivity contribution < 1.29 is 102 Å². The van der Waals surface area contributed by atoms with Crippen LogP contribution in [0.15, 0.2) is 0 Å². The molecule has 0 rings (SSSR count). The van der Waals surface area contributed by atoms with Crippen LogP contribution in [0.1, 0.15) is 0 Å². The van der Waals surface area contributed by atoms with E-state index < -0.39 is 27.2 Å². The molecule has 0 spiro atoms. The standard InChI is InChI=1S/2Cr.2Li.2H2O.7O/h;;;;2*1H2;;;;;;;/q;;2*+1;;;;;;;;2*-1. The van der Waals surface area contributed by atoms with Gasteiger partial charge in [-0.05, 0) is 0 Å². The molecule has 0 radical (unpaired) electrons. The molecule has 0 unspecified atom stereocenters. The van der Waals surface area contributed by atoms with E-state index in [0.717, 1.165) is 0 Å². The first-order chi connectivity index (χ1) is 3.71. The molecule has 0 aliphatic carbocycles. The van der Waals surface area contributed by atoms with Crippen LogP contribution in [0, 0.1) is 0 Å². The molecule has 0 aliphatic rings. The summed E-state index contributed by atoms with van der Waals surface area (Å²) in [7, 11) is 0. The van der Waals surface area contributed by atoms with Gasteiger partial charge in [0, 0.05) is 0 Å². The average Bonchev–Trinajstić information content (AvgIpc) is 1.14. The Hall–Kier alpha value is 1.26. The van der Waals surface area contributed by atoms with E-state index in [1.165, 1.54) is 0 Å². The van der Waals surface area contributed by atoms with Crippen molar-refractivity contribution in [1.82, 2.24) is 0 Å². The molecule has 0 bridgehead atoms. The van der Waals surface area contributed by atoms with E-state index in [4.69, 9.17) is 0 Å². The molecule has 0 heterocycles. The second-order valence-electron chi connectivity index (χ2n) is 0.885. The van der Waals surface area contributed by atoms with E-state index in [9.17, 15) is 23.5 Å². The van der Waals surface area contributed by atoms with Gasteiger partial charge in [-0.3, -0.25) is 0 Å². The molecule has 0 amide bonds. The molecule has 0 aliphatic heterocycles. The quantitative estimate of drug-likeness (QED) is 0.443. The molecule has 0 aromatic rings. The van der Waals surface area contributed by atoms with Crippen LogP contribution in [0.5, 0.6) is 0 Å². The molecule has 13 heteroatoms. The van der Waals surface area contributed by atoms with E-state index in [0.29, 0.717) is 0 Å². The SMILES string of the molecule is O.O.[Li+].[Li+].[O]=[Cr](=[O])([O-])[O][Cr](=[O])(=[O])[O-]. The van der Waals surface area contributed by atoms with Gasteiger partial charge in [-0.1, -0.05) is 0 Å². The Bertz CT molecular complexity index is 241. The fourth-order valence-electron chi connectivity index (χ4n) is 0.102. The first-order valence-corrected chi connectivity index (χ1v) is 5.50. The first kappa shape index (κ1) is 29.2. The van der Waals surface area contributed by atoms with E-state index >= 15 is 0 Å². The van der Waals surface area contributed by atoms with Gasteiger partial charge in [-0.2, -0.15) is 0 Å². The third-order valence-electron chi connectivity index (χ3n) is 0.167. The molecule has 0 saturated heterocycles. The Labute approximate surface area is 102 Å². The Kier molecular flexibility index (Phi) is 22.0. The molecular formula is H4Cr2Li2O9. The normalized spacial score (nSPS) is 9.38. The average molecular weight is 266 g/mol. The van der Waals surface area contributed by atoms with Crippen molar-refractivity contribution in [3.8, 4) is 0 Å². The zero-order valence-corrected chi connectivity index (χ0v) is 9.22. The second kappa shape index (κ2) is 9.80. The summed E-state index contributed by atoms with van der Waals surface area (Å²) in [6, 6.07) is 0. The second-order valence-corrected chi connectivity index (χ2v) is 4.52. The fraction of sp³-hybridized carbons (Fsp3) is 0. The fourth-order valence-corrected chi connectivity index (χ4v) is 1.74. The van der Waals surface area contributed by atoms with Crippen molar-refractivity contribution in [2.45, 2.75) is 0 Å². The van der Waals surface area contributed by atoms with Gasteiger partial charge in [0.15, 0.2) is 0 Å². The molecule has 0 aromatic heterocycles. The summed E-state index contributed by atoms with van der Waals surface area (Å²) in [6.07, 6.45) is 0. The monoisotopic (exact) mass is 266 g/mol. The molecule has 72 valence electrons. The minimum absolute atomic E-state index is 0. The van der Waals surface area contributed by atoms with Crippen LogP contribution in [0.2, 0.25) is 0 Å². The van der Waals surface area contributed by atoms with E-state index in [1.54, 1.807) is 0 Å². The number of rotatable bonds is 2. The predicted molar refractivity (Wildman–Crippen MR) is 11.1 cm³/mol. The van der Waals surface area contributed by atoms with Crippen molar-refractivity contribution in [3.63, 3.8) is 0 Å². The van der Waals surface area contributed by atoms with Gasteiger partial charge in [-0.15, -0.1) is 0 Å². The third kappa shape index (κ3) is 31.9. The van der Waals surface area contributed by atoms with Crippen LogP contribution in [0.4, 0.5) is 0 Å². The van der Waals surface area contributed by atoms with Gasteiger partial charge in [0.05, 0.1) is 0 Å². The summed E-state index contributed by atoms with van der Waals surface area (Å²) < 4.78 is 58.9. The molecule has 0 saturated carbocycles. The molecule has 4 N–H and O–H groups in total. The number of hydrogen-bond donors (Lipinski definition) is 0. The van der Waals surface area contributed by atoms with Crippen LogP contribution in [0.3, 0.4) is 0 Å². The van der Waals surface area contributed by atoms with E-state index in [1.807, 2.05) is 0 Å². The van der Waals surface area contributed by atoms with Crippen molar-refractivity contribution in [2.75, 3.05) is 0 Å². The van der Waals surface area contributed by atoms with Gasteiger partial charge in [0.25, 0.3) is 0 Å². The first-order valence-electron chi connectivity index (χ1n) is 1.33. The van der Waals surface area contributed by atoms with Gasteiger partial charge >= 0.3 is 91.3 Å². The Morgan fingerprint density at radius 1 is 0.769 bits per heavy atom. The summed E-state index contributed by atoms with van der Waals surface area (Å²) in [5.74, 6) is 0. The predicted octanol–water partition coefficient (Wildman–Crippen LogP) is -10.6. The molecule has 0 aromatic carbocycles. The van der Waals surface area contributed by atoms with Crippen LogP contribution >= 0.6 is 0 Å². The minimum atomic E-state index is -6.07.